The number of thioether (sulfide) groups is 1. The number of carbonyl (C=O) groups excluding carboxylic acids is 3. The predicted octanol–water partition coefficient (Wildman–Crippen LogP) is 2.54. The quantitative estimate of drug-likeness (QED) is 0.764. The molecule has 0 spiro atoms. The molecule has 26 heavy (non-hydrogen) atoms. The van der Waals surface area contributed by atoms with E-state index in [0.29, 0.717) is 17.1 Å². The fourth-order valence-corrected chi connectivity index (χ4v) is 3.13. The molecule has 1 unspecified atom stereocenters. The Hall–Kier alpha value is -2.68. The van der Waals surface area contributed by atoms with Crippen LogP contribution in [0.1, 0.15) is 13.8 Å². The zero-order valence-electron chi connectivity index (χ0n) is 14.6. The summed E-state index contributed by atoms with van der Waals surface area (Å²) in [5.74, 6) is -1.02. The zero-order valence-corrected chi connectivity index (χ0v) is 15.5. The van der Waals surface area contributed by atoms with Crippen LogP contribution >= 0.6 is 11.8 Å². The average Bonchev–Trinajstić information content (AvgIpc) is 2.60. The fourth-order valence-electron chi connectivity index (χ4n) is 2.20. The van der Waals surface area contributed by atoms with E-state index in [0.717, 1.165) is 11.8 Å². The number of amides is 3. The highest BCUT2D eigenvalue weighted by Crippen LogP contribution is 2.22. The first-order valence-electron chi connectivity index (χ1n) is 7.85. The van der Waals surface area contributed by atoms with Crippen molar-refractivity contribution in [1.29, 1.82) is 0 Å². The van der Waals surface area contributed by atoms with Gasteiger partial charge in [0.15, 0.2) is 0 Å². The molecule has 9 heteroatoms. The number of hydrogen-bond donors (Lipinski definition) is 1. The summed E-state index contributed by atoms with van der Waals surface area (Å²) < 4.78 is 10.1. The number of carbonyl (C=O) groups is 3. The van der Waals surface area contributed by atoms with E-state index in [1.165, 1.54) is 0 Å². The van der Waals surface area contributed by atoms with Crippen molar-refractivity contribution in [1.82, 2.24) is 0 Å². The minimum Gasteiger partial charge on any atom is -0.497 e. The van der Waals surface area contributed by atoms with Crippen molar-refractivity contribution in [3.05, 3.63) is 24.3 Å². The van der Waals surface area contributed by atoms with Crippen LogP contribution in [0.2, 0.25) is 0 Å². The Labute approximate surface area is 155 Å². The number of esters is 1. The molecule has 1 aromatic carbocycles. The highest BCUT2D eigenvalue weighted by Gasteiger charge is 2.33. The van der Waals surface area contributed by atoms with Gasteiger partial charge in [0, 0.05) is 11.4 Å². The average molecular weight is 377 g/mol. The van der Waals surface area contributed by atoms with E-state index < -0.39 is 17.9 Å². The molecule has 2 rings (SSSR count). The van der Waals surface area contributed by atoms with Gasteiger partial charge in [0.2, 0.25) is 5.91 Å². The molecular formula is C17H19N3O5S. The standard InChI is InChI=1S/C17H19N3O5S/c1-4-25-16(22)14-10(2)18-17(23)20-15(14)26-9-13(21)19-11-5-7-12(24-3)8-6-11/h5-8,14H,4,9H2,1-3H3,(H,19,21). The third-order valence-corrected chi connectivity index (χ3v) is 4.42. The Morgan fingerprint density at radius 2 is 1.92 bits per heavy atom. The molecule has 1 aliphatic heterocycles. The first-order chi connectivity index (χ1) is 12.4. The van der Waals surface area contributed by atoms with Crippen molar-refractivity contribution < 1.29 is 23.9 Å². The number of ether oxygens (including phenoxy) is 2. The lowest BCUT2D eigenvalue weighted by atomic mass is 10.1. The van der Waals surface area contributed by atoms with Gasteiger partial charge in [0.05, 0.1) is 24.5 Å². The van der Waals surface area contributed by atoms with Crippen molar-refractivity contribution in [2.24, 2.45) is 15.9 Å². The molecule has 0 saturated carbocycles. The van der Waals surface area contributed by atoms with Crippen molar-refractivity contribution >= 4 is 46.1 Å². The summed E-state index contributed by atoms with van der Waals surface area (Å²) in [4.78, 5) is 43.2. The van der Waals surface area contributed by atoms with E-state index in [4.69, 9.17) is 9.47 Å². The summed E-state index contributed by atoms with van der Waals surface area (Å²) in [6, 6.07) is 6.18. The number of nitrogens with one attached hydrogen (secondary N) is 1. The van der Waals surface area contributed by atoms with Gasteiger partial charge in [0.25, 0.3) is 0 Å². The summed E-state index contributed by atoms with van der Waals surface area (Å²) in [7, 11) is 1.56. The lowest BCUT2D eigenvalue weighted by Gasteiger charge is -2.19. The Bertz CT molecular complexity index is 758. The topological polar surface area (TPSA) is 106 Å². The van der Waals surface area contributed by atoms with Crippen LogP contribution in [0, 0.1) is 5.92 Å². The van der Waals surface area contributed by atoms with Gasteiger partial charge < -0.3 is 14.8 Å². The van der Waals surface area contributed by atoms with Crippen LogP contribution in [-0.4, -0.2) is 48.1 Å². The summed E-state index contributed by atoms with van der Waals surface area (Å²) in [5, 5.41) is 2.94. The van der Waals surface area contributed by atoms with E-state index >= 15 is 0 Å². The molecule has 1 atom stereocenters. The SMILES string of the molecule is CCOC(=O)C1C(C)=NC(=O)N=C1SCC(=O)Nc1ccc(OC)cc1. The van der Waals surface area contributed by atoms with Crippen LogP contribution in [0.5, 0.6) is 5.75 Å². The number of aliphatic imine (C=N–C) groups is 2. The minimum atomic E-state index is -0.855. The van der Waals surface area contributed by atoms with Gasteiger partial charge in [-0.2, -0.15) is 9.98 Å². The first kappa shape index (κ1) is 19.6. The highest BCUT2D eigenvalue weighted by atomic mass is 32.2. The van der Waals surface area contributed by atoms with Crippen molar-refractivity contribution in [2.45, 2.75) is 13.8 Å². The summed E-state index contributed by atoms with van der Waals surface area (Å²) in [6.07, 6.45) is 0. The smallest absolute Gasteiger partial charge is 0.367 e. The van der Waals surface area contributed by atoms with Crippen LogP contribution in [0.25, 0.3) is 0 Å². The maximum absolute atomic E-state index is 12.1. The molecule has 3 amide bonds. The predicted molar refractivity (Wildman–Crippen MR) is 100 cm³/mol. The molecule has 1 N–H and O–H groups in total. The normalized spacial score (nSPS) is 16.4. The van der Waals surface area contributed by atoms with Crippen molar-refractivity contribution in [3.8, 4) is 5.75 Å². The van der Waals surface area contributed by atoms with E-state index in [-0.39, 0.29) is 23.3 Å². The van der Waals surface area contributed by atoms with Gasteiger partial charge in [-0.05, 0) is 38.1 Å². The van der Waals surface area contributed by atoms with Gasteiger partial charge in [-0.15, -0.1) is 0 Å². The molecular weight excluding hydrogens is 358 g/mol. The third kappa shape index (κ3) is 5.16. The largest absolute Gasteiger partial charge is 0.497 e. The number of hydrogen-bond acceptors (Lipinski definition) is 6. The molecule has 0 fully saturated rings. The second-order valence-corrected chi connectivity index (χ2v) is 6.23. The van der Waals surface area contributed by atoms with Gasteiger partial charge in [-0.25, -0.2) is 4.79 Å². The number of nitrogens with zero attached hydrogens (tertiary/aromatic N) is 2. The Morgan fingerprint density at radius 1 is 1.23 bits per heavy atom. The lowest BCUT2D eigenvalue weighted by molar-refractivity contribution is -0.143. The molecule has 0 aromatic heterocycles. The lowest BCUT2D eigenvalue weighted by Crippen LogP contribution is -2.34. The number of rotatable bonds is 6. The van der Waals surface area contributed by atoms with Crippen LogP contribution in [-0.2, 0) is 14.3 Å². The third-order valence-electron chi connectivity index (χ3n) is 3.39. The molecule has 1 heterocycles. The number of anilines is 1. The van der Waals surface area contributed by atoms with Crippen LogP contribution in [0.4, 0.5) is 10.5 Å². The molecule has 0 saturated heterocycles. The number of methoxy groups -OCH3 is 1. The maximum Gasteiger partial charge on any atom is 0.367 e. The Morgan fingerprint density at radius 3 is 2.54 bits per heavy atom. The maximum atomic E-state index is 12.1. The molecule has 0 bridgehead atoms. The Balaban J connectivity index is 1.99. The van der Waals surface area contributed by atoms with Gasteiger partial charge >= 0.3 is 12.0 Å². The first-order valence-corrected chi connectivity index (χ1v) is 8.84. The van der Waals surface area contributed by atoms with Gasteiger partial charge in [-0.3, -0.25) is 9.59 Å². The van der Waals surface area contributed by atoms with Crippen molar-refractivity contribution in [2.75, 3.05) is 24.8 Å². The molecule has 1 aliphatic rings. The van der Waals surface area contributed by atoms with Gasteiger partial charge in [-0.1, -0.05) is 11.8 Å². The summed E-state index contributed by atoms with van der Waals surface area (Å²) in [5.41, 5.74) is 0.916. The van der Waals surface area contributed by atoms with Crippen LogP contribution in [0.3, 0.4) is 0 Å². The van der Waals surface area contributed by atoms with Crippen LogP contribution in [0.15, 0.2) is 34.3 Å². The summed E-state index contributed by atoms with van der Waals surface area (Å²) in [6.45, 7) is 3.45. The van der Waals surface area contributed by atoms with Gasteiger partial charge in [0.1, 0.15) is 11.7 Å². The number of benzene rings is 1. The fraction of sp³-hybridized carbons (Fsp3) is 0.353. The highest BCUT2D eigenvalue weighted by molar-refractivity contribution is 8.14. The Kier molecular flexibility index (Phi) is 6.90. The molecule has 0 radical (unpaired) electrons. The monoisotopic (exact) mass is 377 g/mol. The van der Waals surface area contributed by atoms with E-state index in [2.05, 4.69) is 15.3 Å². The van der Waals surface area contributed by atoms with Crippen LogP contribution < -0.4 is 10.1 Å². The van der Waals surface area contributed by atoms with E-state index in [9.17, 15) is 14.4 Å². The summed E-state index contributed by atoms with van der Waals surface area (Å²) >= 11 is 1.01. The van der Waals surface area contributed by atoms with Crippen molar-refractivity contribution in [3.63, 3.8) is 0 Å². The number of urea groups is 1. The molecule has 8 nitrogen and oxygen atoms in total. The minimum absolute atomic E-state index is 0.0126. The van der Waals surface area contributed by atoms with E-state index in [1.807, 2.05) is 0 Å². The molecule has 138 valence electrons. The second kappa shape index (κ2) is 9.14. The molecule has 0 aliphatic carbocycles. The van der Waals surface area contributed by atoms with E-state index in [1.54, 1.807) is 45.2 Å². The zero-order chi connectivity index (χ0) is 19.1. The second-order valence-electron chi connectivity index (χ2n) is 5.24. The molecule has 1 aromatic rings.